The summed E-state index contributed by atoms with van der Waals surface area (Å²) in [5, 5.41) is 1.94. The van der Waals surface area contributed by atoms with Gasteiger partial charge in [-0.2, -0.15) is 0 Å². The van der Waals surface area contributed by atoms with E-state index in [-0.39, 0.29) is 6.04 Å². The van der Waals surface area contributed by atoms with Crippen LogP contribution in [0.4, 0.5) is 0 Å². The van der Waals surface area contributed by atoms with Crippen LogP contribution in [-0.4, -0.2) is 6.04 Å². The molecule has 12 heavy (non-hydrogen) atoms. The fraction of sp³-hybridized carbons (Fsp3) is 0.200. The van der Waals surface area contributed by atoms with Gasteiger partial charge in [-0.3, -0.25) is 9.98 Å². The fourth-order valence-corrected chi connectivity index (χ4v) is 1.19. The lowest BCUT2D eigenvalue weighted by atomic mass is 10.3. The Morgan fingerprint density at radius 1 is 1.17 bits per heavy atom. The molecule has 0 saturated heterocycles. The zero-order chi connectivity index (χ0) is 8.39. The lowest BCUT2D eigenvalue weighted by molar-refractivity contribution is 0.887. The zero-order valence-corrected chi connectivity index (χ0v) is 6.94. The van der Waals surface area contributed by atoms with Crippen LogP contribution in [0.15, 0.2) is 46.5 Å². The van der Waals surface area contributed by atoms with Crippen molar-refractivity contribution in [2.24, 2.45) is 9.98 Å². The van der Waals surface area contributed by atoms with Crippen molar-refractivity contribution in [2.75, 3.05) is 0 Å². The maximum atomic E-state index is 4.46. The molecule has 60 valence electrons. The summed E-state index contributed by atoms with van der Waals surface area (Å²) >= 11 is 0. The molecule has 1 aromatic rings. The summed E-state index contributed by atoms with van der Waals surface area (Å²) in [6.45, 7) is 2.05. The first-order valence-corrected chi connectivity index (χ1v) is 4.03. The predicted octanol–water partition coefficient (Wildman–Crippen LogP) is 0.842. The van der Waals surface area contributed by atoms with Crippen molar-refractivity contribution in [3.63, 3.8) is 0 Å². The maximum Gasteiger partial charge on any atom is 0.0881 e. The van der Waals surface area contributed by atoms with Gasteiger partial charge < -0.3 is 0 Å². The third-order valence-corrected chi connectivity index (χ3v) is 1.80. The van der Waals surface area contributed by atoms with Gasteiger partial charge in [-0.25, -0.2) is 0 Å². The summed E-state index contributed by atoms with van der Waals surface area (Å²) in [4.78, 5) is 8.72. The summed E-state index contributed by atoms with van der Waals surface area (Å²) in [5.74, 6) is 0. The van der Waals surface area contributed by atoms with Gasteiger partial charge in [-0.05, 0) is 25.1 Å². The largest absolute Gasteiger partial charge is 0.276 e. The molecule has 0 fully saturated rings. The van der Waals surface area contributed by atoms with E-state index in [9.17, 15) is 0 Å². The summed E-state index contributed by atoms with van der Waals surface area (Å²) in [5.41, 5.74) is 0. The van der Waals surface area contributed by atoms with Crippen LogP contribution in [0.1, 0.15) is 6.92 Å². The Labute approximate surface area is 71.0 Å². The van der Waals surface area contributed by atoms with E-state index >= 15 is 0 Å². The third kappa shape index (κ3) is 1.28. The minimum Gasteiger partial charge on any atom is -0.276 e. The highest BCUT2D eigenvalue weighted by molar-refractivity contribution is 5.05. The Morgan fingerprint density at radius 2 is 1.92 bits per heavy atom. The lowest BCUT2D eigenvalue weighted by Crippen LogP contribution is -2.24. The molecule has 0 aliphatic carbocycles. The summed E-state index contributed by atoms with van der Waals surface area (Å²) < 4.78 is 0. The van der Waals surface area contributed by atoms with Crippen molar-refractivity contribution in [2.45, 2.75) is 13.0 Å². The number of rotatable bonds is 0. The van der Waals surface area contributed by atoms with Gasteiger partial charge in [0, 0.05) is 6.20 Å². The van der Waals surface area contributed by atoms with Gasteiger partial charge >= 0.3 is 0 Å². The van der Waals surface area contributed by atoms with E-state index in [1.165, 1.54) is 0 Å². The molecule has 0 saturated carbocycles. The number of hydrogen-bond acceptors (Lipinski definition) is 2. The van der Waals surface area contributed by atoms with E-state index in [0.29, 0.717) is 0 Å². The quantitative estimate of drug-likeness (QED) is 0.534. The molecule has 1 aliphatic rings. The van der Waals surface area contributed by atoms with Crippen LogP contribution in [0.25, 0.3) is 0 Å². The number of nitrogens with zero attached hydrogens (tertiary/aromatic N) is 2. The second-order valence-electron chi connectivity index (χ2n) is 2.83. The van der Waals surface area contributed by atoms with Crippen molar-refractivity contribution in [1.29, 1.82) is 0 Å². The monoisotopic (exact) mass is 158 g/mol. The first kappa shape index (κ1) is 7.22. The molecule has 0 N–H and O–H groups in total. The Morgan fingerprint density at radius 3 is 2.75 bits per heavy atom. The van der Waals surface area contributed by atoms with E-state index in [2.05, 4.69) is 9.98 Å². The topological polar surface area (TPSA) is 24.7 Å². The Kier molecular flexibility index (Phi) is 1.74. The van der Waals surface area contributed by atoms with Crippen molar-refractivity contribution >= 4 is 0 Å². The van der Waals surface area contributed by atoms with Crippen molar-refractivity contribution < 1.29 is 0 Å². The highest BCUT2D eigenvalue weighted by Gasteiger charge is 1.95. The highest BCUT2D eigenvalue weighted by atomic mass is 14.8. The van der Waals surface area contributed by atoms with E-state index < -0.39 is 0 Å². The van der Waals surface area contributed by atoms with Gasteiger partial charge in [0.15, 0.2) is 0 Å². The average molecular weight is 158 g/mol. The van der Waals surface area contributed by atoms with E-state index in [4.69, 9.17) is 0 Å². The molecule has 2 rings (SSSR count). The second kappa shape index (κ2) is 2.89. The molecule has 1 atom stereocenters. The SMILES string of the molecule is CC1C=CN=c2ccccc2=N1. The number of hydrogen-bond donors (Lipinski definition) is 0. The highest BCUT2D eigenvalue weighted by Crippen LogP contribution is 1.91. The molecule has 0 radical (unpaired) electrons. The smallest absolute Gasteiger partial charge is 0.0881 e. The van der Waals surface area contributed by atoms with Crippen LogP contribution in [0, 0.1) is 0 Å². The van der Waals surface area contributed by atoms with E-state index in [1.807, 2.05) is 43.5 Å². The van der Waals surface area contributed by atoms with Gasteiger partial charge in [0.2, 0.25) is 0 Å². The van der Waals surface area contributed by atoms with Gasteiger partial charge in [-0.15, -0.1) is 0 Å². The zero-order valence-electron chi connectivity index (χ0n) is 6.94. The molecule has 1 unspecified atom stereocenters. The summed E-state index contributed by atoms with van der Waals surface area (Å²) in [6, 6.07) is 8.15. The molecular formula is C10H10N2. The molecule has 2 heteroatoms. The first-order chi connectivity index (χ1) is 5.86. The summed E-state index contributed by atoms with van der Waals surface area (Å²) in [7, 11) is 0. The maximum absolute atomic E-state index is 4.46. The van der Waals surface area contributed by atoms with Crippen molar-refractivity contribution in [3.05, 3.63) is 47.3 Å². The minimum absolute atomic E-state index is 0.234. The molecule has 0 spiro atoms. The van der Waals surface area contributed by atoms with Crippen molar-refractivity contribution in [3.8, 4) is 0 Å². The number of fused-ring (bicyclic) bond motifs is 1. The Hall–Kier alpha value is -1.44. The summed E-state index contributed by atoms with van der Waals surface area (Å²) in [6.07, 6.45) is 3.81. The standard InChI is InChI=1S/C10H10N2/c1-8-6-7-11-9-4-2-3-5-10(9)12-8/h2-8H,1H3. The first-order valence-electron chi connectivity index (χ1n) is 4.03. The van der Waals surface area contributed by atoms with Gasteiger partial charge in [0.05, 0.1) is 16.8 Å². The van der Waals surface area contributed by atoms with Crippen LogP contribution in [-0.2, 0) is 0 Å². The molecule has 0 bridgehead atoms. The minimum atomic E-state index is 0.234. The second-order valence-corrected chi connectivity index (χ2v) is 2.83. The van der Waals surface area contributed by atoms with Crippen LogP contribution in [0.3, 0.4) is 0 Å². The van der Waals surface area contributed by atoms with Gasteiger partial charge in [0.25, 0.3) is 0 Å². The molecule has 0 amide bonds. The number of benzene rings is 1. The molecule has 1 heterocycles. The number of para-hydroxylation sites is 2. The van der Waals surface area contributed by atoms with Gasteiger partial charge in [-0.1, -0.05) is 12.1 Å². The third-order valence-electron chi connectivity index (χ3n) is 1.80. The van der Waals surface area contributed by atoms with Gasteiger partial charge in [0.1, 0.15) is 0 Å². The Bertz CT molecular complexity index is 418. The van der Waals surface area contributed by atoms with E-state index in [1.54, 1.807) is 0 Å². The molecule has 1 aromatic carbocycles. The molecule has 1 aliphatic heterocycles. The van der Waals surface area contributed by atoms with Crippen LogP contribution in [0.2, 0.25) is 0 Å². The molecular weight excluding hydrogens is 148 g/mol. The van der Waals surface area contributed by atoms with Crippen LogP contribution in [0.5, 0.6) is 0 Å². The molecule has 2 nitrogen and oxygen atoms in total. The molecule has 0 aromatic heterocycles. The van der Waals surface area contributed by atoms with E-state index in [0.717, 1.165) is 10.7 Å². The fourth-order valence-electron chi connectivity index (χ4n) is 1.19. The van der Waals surface area contributed by atoms with Crippen LogP contribution >= 0.6 is 0 Å². The normalized spacial score (nSPS) is 20.2. The lowest BCUT2D eigenvalue weighted by Gasteiger charge is -1.93. The predicted molar refractivity (Wildman–Crippen MR) is 47.4 cm³/mol. The van der Waals surface area contributed by atoms with Crippen molar-refractivity contribution in [1.82, 2.24) is 0 Å². The average Bonchev–Trinajstić information content (AvgIpc) is 2.25. The Balaban J connectivity index is 2.75. The van der Waals surface area contributed by atoms with Crippen LogP contribution < -0.4 is 10.7 Å².